The van der Waals surface area contributed by atoms with Gasteiger partial charge in [0, 0.05) is 59.8 Å². The summed E-state index contributed by atoms with van der Waals surface area (Å²) in [7, 11) is -0.971. The minimum Gasteiger partial charge on any atom is -0.454 e. The average Bonchev–Trinajstić information content (AvgIpc) is 3.32. The molecule has 3 aromatic rings. The summed E-state index contributed by atoms with van der Waals surface area (Å²) >= 11 is 0. The van der Waals surface area contributed by atoms with Crippen LogP contribution in [0.5, 0.6) is 11.5 Å². The fraction of sp³-hybridized carbons (Fsp3) is 0.286. The molecule has 3 heterocycles. The molecule has 2 aromatic carbocycles. The lowest BCUT2D eigenvalue weighted by Crippen LogP contribution is -2.32. The third kappa shape index (κ3) is 3.38. The van der Waals surface area contributed by atoms with Gasteiger partial charge in [0.05, 0.1) is 11.3 Å². The molecule has 8 heteroatoms. The van der Waals surface area contributed by atoms with Crippen molar-refractivity contribution in [1.29, 1.82) is 0 Å². The maximum atomic E-state index is 13.0. The summed E-state index contributed by atoms with van der Waals surface area (Å²) < 4.78 is 23.9. The Morgan fingerprint density at radius 2 is 1.90 bits per heavy atom. The molecule has 0 spiro atoms. The third-order valence-electron chi connectivity index (χ3n) is 5.41. The van der Waals surface area contributed by atoms with Gasteiger partial charge in [0.2, 0.25) is 6.79 Å². The van der Waals surface area contributed by atoms with Crippen LogP contribution in [0, 0.1) is 0 Å². The van der Waals surface area contributed by atoms with Gasteiger partial charge in [-0.15, -0.1) is 0 Å². The van der Waals surface area contributed by atoms with E-state index in [2.05, 4.69) is 10.00 Å². The van der Waals surface area contributed by atoms with E-state index in [1.165, 1.54) is 0 Å². The summed E-state index contributed by atoms with van der Waals surface area (Å²) in [5, 5.41) is 3.26. The summed E-state index contributed by atoms with van der Waals surface area (Å²) in [5.74, 6) is 1.35. The summed E-state index contributed by atoms with van der Waals surface area (Å²) in [5.41, 5.74) is 3.65. The summed E-state index contributed by atoms with van der Waals surface area (Å²) in [4.78, 5) is 16.1. The monoisotopic (exact) mass is 411 g/mol. The standard InChI is InChI=1S/C21H21N3O4S/c1-29(26)16-5-2-14(3-6-16)11-23-9-8-18-17(12-23)21(25)24(22-18)15-4-7-19-20(10-15)28-13-27-19/h2-7,10,22H,8-9,11-13H2,1H3. The van der Waals surface area contributed by atoms with Crippen LogP contribution in [0.4, 0.5) is 0 Å². The second-order valence-corrected chi connectivity index (χ2v) is 8.69. The van der Waals surface area contributed by atoms with Gasteiger partial charge < -0.3 is 9.47 Å². The van der Waals surface area contributed by atoms with Crippen LogP contribution in [-0.2, 0) is 30.3 Å². The summed E-state index contributed by atoms with van der Waals surface area (Å²) in [6.07, 6.45) is 2.47. The number of ether oxygens (including phenoxy) is 2. The van der Waals surface area contributed by atoms with Gasteiger partial charge in [-0.05, 0) is 29.8 Å². The van der Waals surface area contributed by atoms with Crippen molar-refractivity contribution in [3.05, 3.63) is 69.6 Å². The molecular weight excluding hydrogens is 390 g/mol. The number of nitrogens with zero attached hydrogens (tertiary/aromatic N) is 2. The van der Waals surface area contributed by atoms with Crippen LogP contribution in [0.25, 0.3) is 5.69 Å². The zero-order chi connectivity index (χ0) is 20.0. The number of H-pyrrole nitrogens is 1. The zero-order valence-electron chi connectivity index (χ0n) is 16.0. The van der Waals surface area contributed by atoms with E-state index < -0.39 is 10.8 Å². The van der Waals surface area contributed by atoms with Crippen LogP contribution in [0.15, 0.2) is 52.2 Å². The highest BCUT2D eigenvalue weighted by Gasteiger charge is 2.24. The Balaban J connectivity index is 1.37. The van der Waals surface area contributed by atoms with E-state index in [0.29, 0.717) is 18.0 Å². The van der Waals surface area contributed by atoms with Crippen molar-refractivity contribution in [2.24, 2.45) is 0 Å². The number of aromatic nitrogens is 2. The number of hydrogen-bond donors (Lipinski definition) is 1. The lowest BCUT2D eigenvalue weighted by atomic mass is 10.1. The number of nitrogens with one attached hydrogen (secondary N) is 1. The smallest absolute Gasteiger partial charge is 0.275 e. The molecule has 1 atom stereocenters. The summed E-state index contributed by atoms with van der Waals surface area (Å²) in [6.45, 7) is 2.43. The fourth-order valence-electron chi connectivity index (χ4n) is 3.85. The first-order valence-electron chi connectivity index (χ1n) is 9.46. The molecule has 0 radical (unpaired) electrons. The number of aromatic amines is 1. The maximum absolute atomic E-state index is 13.0. The van der Waals surface area contributed by atoms with E-state index in [-0.39, 0.29) is 12.4 Å². The lowest BCUT2D eigenvalue weighted by Gasteiger charge is -2.25. The predicted octanol–water partition coefficient (Wildman–Crippen LogP) is 2.19. The maximum Gasteiger partial charge on any atom is 0.275 e. The Hall–Kier alpha value is -2.84. The Kier molecular flexibility index (Phi) is 4.52. The van der Waals surface area contributed by atoms with E-state index in [9.17, 15) is 9.00 Å². The second-order valence-electron chi connectivity index (χ2n) is 7.31. The molecule has 7 nitrogen and oxygen atoms in total. The first-order valence-corrected chi connectivity index (χ1v) is 11.0. The van der Waals surface area contributed by atoms with Crippen LogP contribution in [-0.4, -0.2) is 38.5 Å². The van der Waals surface area contributed by atoms with Gasteiger partial charge in [-0.3, -0.25) is 19.0 Å². The molecule has 5 rings (SSSR count). The highest BCUT2D eigenvalue weighted by atomic mass is 32.2. The Morgan fingerprint density at radius 1 is 1.10 bits per heavy atom. The Bertz CT molecular complexity index is 1150. The molecule has 0 bridgehead atoms. The molecule has 0 saturated heterocycles. The third-order valence-corrected chi connectivity index (χ3v) is 6.34. The van der Waals surface area contributed by atoms with Crippen LogP contribution in [0.1, 0.15) is 16.8 Å². The predicted molar refractivity (Wildman–Crippen MR) is 109 cm³/mol. The first-order chi connectivity index (χ1) is 14.1. The molecule has 0 saturated carbocycles. The van der Waals surface area contributed by atoms with E-state index in [1.54, 1.807) is 10.9 Å². The molecule has 0 aliphatic carbocycles. The van der Waals surface area contributed by atoms with Crippen molar-refractivity contribution >= 4 is 10.8 Å². The molecule has 2 aliphatic heterocycles. The summed E-state index contributed by atoms with van der Waals surface area (Å²) in [6, 6.07) is 13.3. The van der Waals surface area contributed by atoms with Crippen molar-refractivity contribution in [2.75, 3.05) is 19.6 Å². The highest BCUT2D eigenvalue weighted by Crippen LogP contribution is 2.33. The zero-order valence-corrected chi connectivity index (χ0v) is 16.8. The van der Waals surface area contributed by atoms with Crippen LogP contribution in [0.2, 0.25) is 0 Å². The van der Waals surface area contributed by atoms with Gasteiger partial charge in [0.15, 0.2) is 11.5 Å². The number of rotatable bonds is 4. The van der Waals surface area contributed by atoms with Crippen LogP contribution >= 0.6 is 0 Å². The van der Waals surface area contributed by atoms with Crippen molar-refractivity contribution < 1.29 is 13.7 Å². The van der Waals surface area contributed by atoms with Crippen LogP contribution in [0.3, 0.4) is 0 Å². The van der Waals surface area contributed by atoms with Gasteiger partial charge >= 0.3 is 0 Å². The minimum absolute atomic E-state index is 0.0275. The van der Waals surface area contributed by atoms with Crippen molar-refractivity contribution in [3.8, 4) is 17.2 Å². The van der Waals surface area contributed by atoms with E-state index in [4.69, 9.17) is 9.47 Å². The van der Waals surface area contributed by atoms with Crippen molar-refractivity contribution in [1.82, 2.24) is 14.7 Å². The molecule has 1 unspecified atom stereocenters. The molecule has 1 aromatic heterocycles. The first kappa shape index (κ1) is 18.2. The molecule has 150 valence electrons. The molecule has 0 fully saturated rings. The average molecular weight is 411 g/mol. The largest absolute Gasteiger partial charge is 0.454 e. The Morgan fingerprint density at radius 3 is 2.69 bits per heavy atom. The number of fused-ring (bicyclic) bond motifs is 2. The molecular formula is C21H21N3O4S. The number of benzene rings is 2. The van der Waals surface area contributed by atoms with Gasteiger partial charge in [-0.1, -0.05) is 12.1 Å². The molecule has 1 N–H and O–H groups in total. The van der Waals surface area contributed by atoms with Gasteiger partial charge in [0.1, 0.15) is 0 Å². The van der Waals surface area contributed by atoms with E-state index in [1.807, 2.05) is 42.5 Å². The quantitative estimate of drug-likeness (QED) is 0.712. The normalized spacial score (nSPS) is 16.6. The van der Waals surface area contributed by atoms with Crippen molar-refractivity contribution in [3.63, 3.8) is 0 Å². The second kappa shape index (κ2) is 7.20. The van der Waals surface area contributed by atoms with Gasteiger partial charge in [-0.2, -0.15) is 0 Å². The highest BCUT2D eigenvalue weighted by molar-refractivity contribution is 7.84. The topological polar surface area (TPSA) is 76.6 Å². The Labute approximate surface area is 170 Å². The fourth-order valence-corrected chi connectivity index (χ4v) is 4.36. The van der Waals surface area contributed by atoms with Crippen LogP contribution < -0.4 is 15.0 Å². The molecule has 29 heavy (non-hydrogen) atoms. The minimum atomic E-state index is -0.971. The van der Waals surface area contributed by atoms with Gasteiger partial charge in [0.25, 0.3) is 5.56 Å². The SMILES string of the molecule is CS(=O)c1ccc(CN2CCc3[nH]n(-c4ccc5c(c4)OCO5)c(=O)c3C2)cc1. The van der Waals surface area contributed by atoms with Gasteiger partial charge in [-0.25, -0.2) is 4.68 Å². The number of hydrogen-bond acceptors (Lipinski definition) is 5. The lowest BCUT2D eigenvalue weighted by molar-refractivity contribution is 0.174. The molecule has 2 aliphatic rings. The van der Waals surface area contributed by atoms with Crippen molar-refractivity contribution in [2.45, 2.75) is 24.4 Å². The molecule has 0 amide bonds. The van der Waals surface area contributed by atoms with E-state index in [0.717, 1.165) is 46.9 Å². The van der Waals surface area contributed by atoms with E-state index >= 15 is 0 Å².